The van der Waals surface area contributed by atoms with Crippen molar-refractivity contribution in [3.8, 4) is 0 Å². The number of rotatable bonds is 6. The van der Waals surface area contributed by atoms with E-state index in [9.17, 15) is 9.59 Å². The molecule has 0 aliphatic heterocycles. The van der Waals surface area contributed by atoms with Gasteiger partial charge in [-0.1, -0.05) is 18.2 Å². The Labute approximate surface area is 141 Å². The van der Waals surface area contributed by atoms with Crippen LogP contribution in [-0.4, -0.2) is 29.8 Å². The predicted molar refractivity (Wildman–Crippen MR) is 92.7 cm³/mol. The average molecular weight is 329 g/mol. The highest BCUT2D eigenvalue weighted by atomic mass is 16.3. The smallest absolute Gasteiger partial charge is 0.257 e. The molecule has 1 aromatic heterocycles. The number of nitrogens with one attached hydrogen (secondary N) is 1. The van der Waals surface area contributed by atoms with Crippen LogP contribution >= 0.6 is 0 Å². The molecule has 0 fully saturated rings. The topological polar surface area (TPSA) is 88.6 Å². The molecule has 6 nitrogen and oxygen atoms in total. The first-order valence-electron chi connectivity index (χ1n) is 7.89. The molecule has 0 saturated heterocycles. The lowest BCUT2D eigenvalue weighted by Gasteiger charge is -2.20. The molecule has 0 radical (unpaired) electrons. The van der Waals surface area contributed by atoms with Gasteiger partial charge in [-0.2, -0.15) is 0 Å². The number of carbonyl (C=O) groups excluding carboxylic acids is 2. The zero-order chi connectivity index (χ0) is 17.7. The van der Waals surface area contributed by atoms with Crippen LogP contribution in [-0.2, 0) is 11.3 Å². The molecule has 128 valence electrons. The van der Waals surface area contributed by atoms with Crippen molar-refractivity contribution >= 4 is 17.5 Å². The molecule has 0 unspecified atom stereocenters. The standard InChI is InChI=1S/C18H23N3O3/c1-4-21(18(23)14-8-15(9-19)24-11-14)10-16(22)20-17-12(2)6-5-7-13(17)3/h5-8,11H,4,9-10,19H2,1-3H3,(H,20,22). The minimum Gasteiger partial charge on any atom is -0.467 e. The Morgan fingerprint density at radius 3 is 2.46 bits per heavy atom. The van der Waals surface area contributed by atoms with Crippen molar-refractivity contribution in [2.75, 3.05) is 18.4 Å². The van der Waals surface area contributed by atoms with Crippen molar-refractivity contribution in [1.82, 2.24) is 4.90 Å². The SMILES string of the molecule is CCN(CC(=O)Nc1c(C)cccc1C)C(=O)c1coc(CN)c1. The highest BCUT2D eigenvalue weighted by Crippen LogP contribution is 2.19. The highest BCUT2D eigenvalue weighted by Gasteiger charge is 2.20. The van der Waals surface area contributed by atoms with Gasteiger partial charge in [0.25, 0.3) is 5.91 Å². The summed E-state index contributed by atoms with van der Waals surface area (Å²) < 4.78 is 5.19. The van der Waals surface area contributed by atoms with Gasteiger partial charge in [0.15, 0.2) is 0 Å². The van der Waals surface area contributed by atoms with Crippen molar-refractivity contribution in [3.63, 3.8) is 0 Å². The molecule has 0 aliphatic rings. The van der Waals surface area contributed by atoms with Crippen molar-refractivity contribution in [3.05, 3.63) is 53.0 Å². The molecule has 24 heavy (non-hydrogen) atoms. The lowest BCUT2D eigenvalue weighted by Crippen LogP contribution is -2.37. The van der Waals surface area contributed by atoms with Gasteiger partial charge in [-0.25, -0.2) is 0 Å². The zero-order valence-electron chi connectivity index (χ0n) is 14.3. The molecule has 3 N–H and O–H groups in total. The van der Waals surface area contributed by atoms with Crippen LogP contribution in [0, 0.1) is 13.8 Å². The maximum atomic E-state index is 12.5. The van der Waals surface area contributed by atoms with E-state index < -0.39 is 0 Å². The highest BCUT2D eigenvalue weighted by molar-refractivity contribution is 5.99. The third kappa shape index (κ3) is 4.02. The van der Waals surface area contributed by atoms with Crippen LogP contribution in [0.1, 0.15) is 34.2 Å². The van der Waals surface area contributed by atoms with E-state index in [2.05, 4.69) is 5.32 Å². The van der Waals surface area contributed by atoms with Crippen LogP contribution in [0.4, 0.5) is 5.69 Å². The summed E-state index contributed by atoms with van der Waals surface area (Å²) in [5.74, 6) is 0.0529. The lowest BCUT2D eigenvalue weighted by molar-refractivity contribution is -0.116. The van der Waals surface area contributed by atoms with Gasteiger partial charge in [0, 0.05) is 12.2 Å². The van der Waals surface area contributed by atoms with Gasteiger partial charge in [-0.15, -0.1) is 0 Å². The van der Waals surface area contributed by atoms with Crippen LogP contribution in [0.25, 0.3) is 0 Å². The fraction of sp³-hybridized carbons (Fsp3) is 0.333. The van der Waals surface area contributed by atoms with Crippen molar-refractivity contribution in [2.45, 2.75) is 27.3 Å². The number of nitrogens with zero attached hydrogens (tertiary/aromatic N) is 1. The minimum absolute atomic E-state index is 0.0216. The molecule has 1 heterocycles. The van der Waals surface area contributed by atoms with Gasteiger partial charge in [0.2, 0.25) is 5.91 Å². The quantitative estimate of drug-likeness (QED) is 0.852. The Morgan fingerprint density at radius 2 is 1.92 bits per heavy atom. The number of hydrogen-bond acceptors (Lipinski definition) is 4. The van der Waals surface area contributed by atoms with E-state index in [1.54, 1.807) is 6.07 Å². The molecule has 0 aliphatic carbocycles. The number of amides is 2. The molecule has 1 aromatic carbocycles. The lowest BCUT2D eigenvalue weighted by atomic mass is 10.1. The first-order valence-corrected chi connectivity index (χ1v) is 7.89. The number of carbonyl (C=O) groups is 2. The van der Waals surface area contributed by atoms with Crippen LogP contribution in [0.5, 0.6) is 0 Å². The summed E-state index contributed by atoms with van der Waals surface area (Å²) in [5, 5.41) is 2.89. The van der Waals surface area contributed by atoms with E-state index in [1.807, 2.05) is 39.0 Å². The molecule has 0 atom stereocenters. The van der Waals surface area contributed by atoms with Gasteiger partial charge in [-0.3, -0.25) is 9.59 Å². The van der Waals surface area contributed by atoms with E-state index in [4.69, 9.17) is 10.2 Å². The molecule has 0 spiro atoms. The first kappa shape index (κ1) is 17.7. The summed E-state index contributed by atoms with van der Waals surface area (Å²) in [6, 6.07) is 7.42. The molecular formula is C18H23N3O3. The van der Waals surface area contributed by atoms with Crippen LogP contribution in [0.2, 0.25) is 0 Å². The summed E-state index contributed by atoms with van der Waals surface area (Å²) in [7, 11) is 0. The summed E-state index contributed by atoms with van der Waals surface area (Å²) in [4.78, 5) is 26.3. The minimum atomic E-state index is -0.252. The van der Waals surface area contributed by atoms with Crippen molar-refractivity contribution in [2.24, 2.45) is 5.73 Å². The molecular weight excluding hydrogens is 306 g/mol. The Balaban J connectivity index is 2.06. The van der Waals surface area contributed by atoms with Crippen molar-refractivity contribution in [1.29, 1.82) is 0 Å². The fourth-order valence-electron chi connectivity index (χ4n) is 2.47. The molecule has 2 aromatic rings. The van der Waals surface area contributed by atoms with E-state index in [0.717, 1.165) is 16.8 Å². The van der Waals surface area contributed by atoms with Gasteiger partial charge in [-0.05, 0) is 38.0 Å². The van der Waals surface area contributed by atoms with Crippen LogP contribution < -0.4 is 11.1 Å². The first-order chi connectivity index (χ1) is 11.5. The monoisotopic (exact) mass is 329 g/mol. The van der Waals surface area contributed by atoms with E-state index >= 15 is 0 Å². The maximum absolute atomic E-state index is 12.5. The molecule has 6 heteroatoms. The predicted octanol–water partition coefficient (Wildman–Crippen LogP) is 2.46. The van der Waals surface area contributed by atoms with Gasteiger partial charge in [0.1, 0.15) is 18.6 Å². The van der Waals surface area contributed by atoms with Crippen molar-refractivity contribution < 1.29 is 14.0 Å². The van der Waals surface area contributed by atoms with E-state index in [1.165, 1.54) is 11.2 Å². The van der Waals surface area contributed by atoms with Crippen LogP contribution in [0.15, 0.2) is 34.9 Å². The number of hydrogen-bond donors (Lipinski definition) is 2. The summed E-state index contributed by atoms with van der Waals surface area (Å²) in [5.41, 5.74) is 8.65. The molecule has 0 saturated carbocycles. The number of furan rings is 1. The Morgan fingerprint density at radius 1 is 1.25 bits per heavy atom. The molecule has 2 amide bonds. The van der Waals surface area contributed by atoms with Gasteiger partial charge >= 0.3 is 0 Å². The second kappa shape index (κ2) is 7.79. The third-order valence-corrected chi connectivity index (χ3v) is 3.85. The number of likely N-dealkylation sites (N-methyl/N-ethyl adjacent to an activating group) is 1. The number of aryl methyl sites for hydroxylation is 2. The summed E-state index contributed by atoms with van der Waals surface area (Å²) in [6.45, 7) is 6.32. The number of nitrogens with two attached hydrogens (primary N) is 1. The Bertz CT molecular complexity index is 717. The number of benzene rings is 1. The normalized spacial score (nSPS) is 10.5. The van der Waals surface area contributed by atoms with Gasteiger partial charge in [0.05, 0.1) is 12.1 Å². The van der Waals surface area contributed by atoms with E-state index in [0.29, 0.717) is 17.9 Å². The summed E-state index contributed by atoms with van der Waals surface area (Å²) >= 11 is 0. The maximum Gasteiger partial charge on any atom is 0.257 e. The second-order valence-electron chi connectivity index (χ2n) is 5.64. The third-order valence-electron chi connectivity index (χ3n) is 3.85. The number of para-hydroxylation sites is 1. The fourth-order valence-corrected chi connectivity index (χ4v) is 2.47. The Kier molecular flexibility index (Phi) is 5.76. The largest absolute Gasteiger partial charge is 0.467 e. The summed E-state index contributed by atoms with van der Waals surface area (Å²) in [6.07, 6.45) is 1.37. The van der Waals surface area contributed by atoms with Crippen LogP contribution in [0.3, 0.4) is 0 Å². The van der Waals surface area contributed by atoms with Gasteiger partial charge < -0.3 is 20.4 Å². The number of anilines is 1. The Hall–Kier alpha value is -2.60. The van der Waals surface area contributed by atoms with E-state index in [-0.39, 0.29) is 24.9 Å². The molecule has 0 bridgehead atoms. The zero-order valence-corrected chi connectivity index (χ0v) is 14.3. The average Bonchev–Trinajstić information content (AvgIpc) is 3.04. The second-order valence-corrected chi connectivity index (χ2v) is 5.64. The molecule has 2 rings (SSSR count).